The number of carbonyl (C=O) groups excluding carboxylic acids is 1. The Morgan fingerprint density at radius 1 is 1.07 bits per heavy atom. The van der Waals surface area contributed by atoms with Gasteiger partial charge in [-0.1, -0.05) is 18.2 Å². The Hall–Kier alpha value is -3.61. The molecule has 1 aromatic heterocycles. The number of rotatable bonds is 5. The monoisotopic (exact) mass is 376 g/mol. The predicted octanol–water partition coefficient (Wildman–Crippen LogP) is 3.44. The molecule has 0 bridgehead atoms. The second kappa shape index (κ2) is 7.56. The molecule has 0 fully saturated rings. The van der Waals surface area contributed by atoms with Crippen molar-refractivity contribution in [3.8, 4) is 11.5 Å². The number of methoxy groups -OCH3 is 2. The first kappa shape index (κ1) is 17.8. The van der Waals surface area contributed by atoms with E-state index in [0.717, 1.165) is 24.5 Å². The summed E-state index contributed by atoms with van der Waals surface area (Å²) in [6.45, 7) is 0.848. The number of aromatic nitrogens is 2. The van der Waals surface area contributed by atoms with Crippen LogP contribution in [0, 0.1) is 0 Å². The molecule has 0 saturated carbocycles. The molecule has 1 aliphatic heterocycles. The predicted molar refractivity (Wildman–Crippen MR) is 107 cm³/mol. The lowest BCUT2D eigenvalue weighted by Crippen LogP contribution is -2.18. The van der Waals surface area contributed by atoms with Crippen molar-refractivity contribution in [3.63, 3.8) is 0 Å². The number of para-hydroxylation sites is 1. The van der Waals surface area contributed by atoms with Crippen LogP contribution in [0.5, 0.6) is 11.5 Å². The number of hydrogen-bond acceptors (Lipinski definition) is 6. The van der Waals surface area contributed by atoms with E-state index in [-0.39, 0.29) is 11.6 Å². The number of amides is 1. The number of carbonyl (C=O) groups is 1. The van der Waals surface area contributed by atoms with Gasteiger partial charge in [0.1, 0.15) is 17.2 Å². The molecule has 2 heterocycles. The van der Waals surface area contributed by atoms with E-state index < -0.39 is 0 Å². The number of nitrogens with one attached hydrogen (secondary N) is 1. The molecule has 1 N–H and O–H groups in total. The summed E-state index contributed by atoms with van der Waals surface area (Å²) in [7, 11) is 3.11. The highest BCUT2D eigenvalue weighted by Crippen LogP contribution is 2.33. The minimum Gasteiger partial charge on any atom is -0.497 e. The summed E-state index contributed by atoms with van der Waals surface area (Å²) in [5, 5.41) is 2.80. The van der Waals surface area contributed by atoms with E-state index in [1.807, 2.05) is 12.1 Å². The molecule has 0 spiro atoms. The standard InChI is InChI=1S/C21H20N4O3/c1-27-15-7-8-19(28-2)16(11-15)24-21(26)17-12-23-20(13-22-17)25-10-9-14-5-3-4-6-18(14)25/h3-8,11-13H,9-10H2,1-2H3,(H,24,26). The van der Waals surface area contributed by atoms with Gasteiger partial charge in [0.2, 0.25) is 0 Å². The molecular formula is C21H20N4O3. The van der Waals surface area contributed by atoms with E-state index in [4.69, 9.17) is 9.47 Å². The minimum absolute atomic E-state index is 0.223. The van der Waals surface area contributed by atoms with Gasteiger partial charge in [-0.25, -0.2) is 9.97 Å². The van der Waals surface area contributed by atoms with Crippen molar-refractivity contribution in [1.29, 1.82) is 0 Å². The average molecular weight is 376 g/mol. The zero-order valence-corrected chi connectivity index (χ0v) is 15.7. The molecule has 4 rings (SSSR count). The van der Waals surface area contributed by atoms with Gasteiger partial charge in [0.15, 0.2) is 5.82 Å². The van der Waals surface area contributed by atoms with E-state index in [1.165, 1.54) is 11.8 Å². The molecule has 0 radical (unpaired) electrons. The van der Waals surface area contributed by atoms with Crippen LogP contribution in [0.25, 0.3) is 0 Å². The van der Waals surface area contributed by atoms with Crippen LogP contribution in [0.3, 0.4) is 0 Å². The molecule has 0 saturated heterocycles. The van der Waals surface area contributed by atoms with E-state index in [1.54, 1.807) is 38.6 Å². The quantitative estimate of drug-likeness (QED) is 0.735. The second-order valence-corrected chi connectivity index (χ2v) is 6.31. The smallest absolute Gasteiger partial charge is 0.275 e. The molecule has 142 valence electrons. The number of ether oxygens (including phenoxy) is 2. The van der Waals surface area contributed by atoms with Gasteiger partial charge in [-0.2, -0.15) is 0 Å². The first-order chi connectivity index (χ1) is 13.7. The van der Waals surface area contributed by atoms with E-state index in [9.17, 15) is 4.79 Å². The van der Waals surface area contributed by atoms with E-state index >= 15 is 0 Å². The highest BCUT2D eigenvalue weighted by Gasteiger charge is 2.21. The Balaban J connectivity index is 1.53. The minimum atomic E-state index is -0.368. The van der Waals surface area contributed by atoms with Gasteiger partial charge in [-0.15, -0.1) is 0 Å². The topological polar surface area (TPSA) is 76.6 Å². The van der Waals surface area contributed by atoms with Crippen LogP contribution < -0.4 is 19.7 Å². The summed E-state index contributed by atoms with van der Waals surface area (Å²) >= 11 is 0. The van der Waals surface area contributed by atoms with Gasteiger partial charge in [0.05, 0.1) is 32.3 Å². The fraction of sp³-hybridized carbons (Fsp3) is 0.190. The zero-order chi connectivity index (χ0) is 19.5. The molecular weight excluding hydrogens is 356 g/mol. The van der Waals surface area contributed by atoms with E-state index in [2.05, 4.69) is 32.3 Å². The van der Waals surface area contributed by atoms with Crippen LogP contribution in [0.15, 0.2) is 54.9 Å². The van der Waals surface area contributed by atoms with E-state index in [0.29, 0.717) is 17.2 Å². The summed E-state index contributed by atoms with van der Waals surface area (Å²) in [5.41, 5.74) is 3.15. The molecule has 3 aromatic rings. The van der Waals surface area contributed by atoms with Crippen LogP contribution in [0.2, 0.25) is 0 Å². The molecule has 28 heavy (non-hydrogen) atoms. The Morgan fingerprint density at radius 2 is 1.93 bits per heavy atom. The molecule has 0 atom stereocenters. The molecule has 7 heteroatoms. The third-order valence-corrected chi connectivity index (χ3v) is 4.69. The number of fused-ring (bicyclic) bond motifs is 1. The average Bonchev–Trinajstić information content (AvgIpc) is 3.18. The highest BCUT2D eigenvalue weighted by atomic mass is 16.5. The van der Waals surface area contributed by atoms with Crippen molar-refractivity contribution in [2.75, 3.05) is 31.0 Å². The van der Waals surface area contributed by atoms with Crippen molar-refractivity contribution in [3.05, 3.63) is 66.1 Å². The summed E-state index contributed by atoms with van der Waals surface area (Å²) < 4.78 is 10.5. The molecule has 0 unspecified atom stereocenters. The lowest BCUT2D eigenvalue weighted by atomic mass is 10.2. The van der Waals surface area contributed by atoms with Crippen molar-refractivity contribution in [1.82, 2.24) is 9.97 Å². The Labute approximate surface area is 163 Å². The maximum Gasteiger partial charge on any atom is 0.275 e. The van der Waals surface area contributed by atoms with Gasteiger partial charge >= 0.3 is 0 Å². The highest BCUT2D eigenvalue weighted by molar-refractivity contribution is 6.03. The lowest BCUT2D eigenvalue weighted by molar-refractivity contribution is 0.102. The maximum absolute atomic E-state index is 12.6. The Bertz CT molecular complexity index is 1000. The molecule has 0 aliphatic carbocycles. The van der Waals surface area contributed by atoms with Crippen molar-refractivity contribution < 1.29 is 14.3 Å². The van der Waals surface area contributed by atoms with Crippen molar-refractivity contribution in [2.45, 2.75) is 6.42 Å². The SMILES string of the molecule is COc1ccc(OC)c(NC(=O)c2cnc(N3CCc4ccccc43)cn2)c1. The number of benzene rings is 2. The zero-order valence-electron chi connectivity index (χ0n) is 15.7. The molecule has 1 amide bonds. The summed E-state index contributed by atoms with van der Waals surface area (Å²) in [4.78, 5) is 23.4. The number of nitrogens with zero attached hydrogens (tertiary/aromatic N) is 3. The van der Waals surface area contributed by atoms with Crippen LogP contribution in [-0.4, -0.2) is 36.6 Å². The van der Waals surface area contributed by atoms with Gasteiger partial charge in [-0.3, -0.25) is 4.79 Å². The third-order valence-electron chi connectivity index (χ3n) is 4.69. The number of hydrogen-bond donors (Lipinski definition) is 1. The van der Waals surface area contributed by atoms with Crippen LogP contribution in [0.4, 0.5) is 17.2 Å². The Morgan fingerprint density at radius 3 is 2.68 bits per heavy atom. The second-order valence-electron chi connectivity index (χ2n) is 6.31. The summed E-state index contributed by atoms with van der Waals surface area (Å²) in [6.07, 6.45) is 4.08. The van der Waals surface area contributed by atoms with Crippen molar-refractivity contribution in [2.24, 2.45) is 0 Å². The largest absolute Gasteiger partial charge is 0.497 e. The molecule has 1 aliphatic rings. The maximum atomic E-state index is 12.6. The van der Waals surface area contributed by atoms with Crippen LogP contribution in [-0.2, 0) is 6.42 Å². The fourth-order valence-corrected chi connectivity index (χ4v) is 3.25. The molecule has 2 aromatic carbocycles. The first-order valence-corrected chi connectivity index (χ1v) is 8.90. The fourth-order valence-electron chi connectivity index (χ4n) is 3.25. The summed E-state index contributed by atoms with van der Waals surface area (Å²) in [5.74, 6) is 1.51. The first-order valence-electron chi connectivity index (χ1n) is 8.90. The Kier molecular flexibility index (Phi) is 4.80. The van der Waals surface area contributed by atoms with Gasteiger partial charge in [-0.05, 0) is 30.2 Å². The normalized spacial score (nSPS) is 12.4. The third kappa shape index (κ3) is 3.34. The molecule has 7 nitrogen and oxygen atoms in total. The lowest BCUT2D eigenvalue weighted by Gasteiger charge is -2.18. The van der Waals surface area contributed by atoms with Gasteiger partial charge < -0.3 is 19.7 Å². The van der Waals surface area contributed by atoms with Crippen LogP contribution in [0.1, 0.15) is 16.1 Å². The summed E-state index contributed by atoms with van der Waals surface area (Å²) in [6, 6.07) is 13.4. The van der Waals surface area contributed by atoms with Gasteiger partial charge in [0, 0.05) is 18.3 Å². The van der Waals surface area contributed by atoms with Crippen LogP contribution >= 0.6 is 0 Å². The van der Waals surface area contributed by atoms with Gasteiger partial charge in [0.25, 0.3) is 5.91 Å². The number of anilines is 3. The van der Waals surface area contributed by atoms with Crippen molar-refractivity contribution >= 4 is 23.1 Å².